The predicted molar refractivity (Wildman–Crippen MR) is 91.8 cm³/mol. The maximum absolute atomic E-state index is 13.2. The molecule has 1 aliphatic rings. The third kappa shape index (κ3) is 4.63. The van der Waals surface area contributed by atoms with Crippen molar-refractivity contribution < 1.29 is 13.6 Å². The highest BCUT2D eigenvalue weighted by Gasteiger charge is 2.26. The van der Waals surface area contributed by atoms with Crippen molar-refractivity contribution in [3.05, 3.63) is 41.9 Å². The fourth-order valence-corrected chi connectivity index (χ4v) is 2.95. The molecular weight excluding hydrogens is 323 g/mol. The van der Waals surface area contributed by atoms with E-state index in [-0.39, 0.29) is 23.6 Å². The summed E-state index contributed by atoms with van der Waals surface area (Å²) in [4.78, 5) is 14.2. The Morgan fingerprint density at radius 1 is 1.36 bits per heavy atom. The van der Waals surface area contributed by atoms with Crippen molar-refractivity contribution in [1.82, 2.24) is 15.1 Å². The van der Waals surface area contributed by atoms with Crippen LogP contribution in [-0.4, -0.2) is 40.6 Å². The van der Waals surface area contributed by atoms with Crippen molar-refractivity contribution >= 4 is 11.6 Å². The molecule has 2 aromatic rings. The van der Waals surface area contributed by atoms with Gasteiger partial charge in [0.1, 0.15) is 5.82 Å². The van der Waals surface area contributed by atoms with Crippen LogP contribution in [0.15, 0.2) is 28.7 Å². The fraction of sp³-hybridized carbons (Fsp3) is 0.500. The van der Waals surface area contributed by atoms with Gasteiger partial charge in [0.05, 0.1) is 6.54 Å². The number of nitrogens with one attached hydrogen (secondary N) is 1. The van der Waals surface area contributed by atoms with Crippen LogP contribution in [0.5, 0.6) is 0 Å². The van der Waals surface area contributed by atoms with Crippen molar-refractivity contribution in [3.8, 4) is 0 Å². The molecule has 6 nitrogen and oxygen atoms in total. The molecule has 1 saturated heterocycles. The van der Waals surface area contributed by atoms with Gasteiger partial charge in [-0.3, -0.25) is 9.69 Å². The van der Waals surface area contributed by atoms with Crippen molar-refractivity contribution in [2.75, 3.05) is 25.0 Å². The van der Waals surface area contributed by atoms with Gasteiger partial charge in [-0.25, -0.2) is 4.39 Å². The number of anilines is 1. The van der Waals surface area contributed by atoms with E-state index in [9.17, 15) is 9.18 Å². The van der Waals surface area contributed by atoms with Gasteiger partial charge in [-0.1, -0.05) is 19.9 Å². The minimum Gasteiger partial charge on any atom is -0.425 e. The largest absolute Gasteiger partial charge is 0.425 e. The van der Waals surface area contributed by atoms with Crippen LogP contribution in [0.3, 0.4) is 0 Å². The van der Waals surface area contributed by atoms with E-state index in [4.69, 9.17) is 4.42 Å². The van der Waals surface area contributed by atoms with Crippen LogP contribution in [0.25, 0.3) is 0 Å². The number of hydrogen-bond donors (Lipinski definition) is 1. The Hall–Kier alpha value is -2.28. The molecule has 0 aliphatic carbocycles. The first-order chi connectivity index (χ1) is 12.0. The first-order valence-corrected chi connectivity index (χ1v) is 8.62. The summed E-state index contributed by atoms with van der Waals surface area (Å²) in [6.45, 7) is 5.93. The van der Waals surface area contributed by atoms with Crippen LogP contribution in [-0.2, 0) is 4.79 Å². The number of hydrogen-bond acceptors (Lipinski definition) is 5. The Morgan fingerprint density at radius 3 is 2.76 bits per heavy atom. The molecule has 2 heterocycles. The number of halogens is 1. The molecule has 134 valence electrons. The Kier molecular flexibility index (Phi) is 5.43. The van der Waals surface area contributed by atoms with Gasteiger partial charge in [0, 0.05) is 17.5 Å². The normalized spacial score (nSPS) is 16.3. The van der Waals surface area contributed by atoms with Crippen LogP contribution in [0.2, 0.25) is 0 Å². The van der Waals surface area contributed by atoms with Crippen LogP contribution in [0, 0.1) is 5.82 Å². The Morgan fingerprint density at radius 2 is 2.12 bits per heavy atom. The second kappa shape index (κ2) is 7.74. The van der Waals surface area contributed by atoms with E-state index < -0.39 is 0 Å². The molecule has 1 amide bonds. The van der Waals surface area contributed by atoms with Crippen molar-refractivity contribution in [2.24, 2.45) is 0 Å². The summed E-state index contributed by atoms with van der Waals surface area (Å²) in [5.74, 6) is 1.36. The smallest absolute Gasteiger partial charge is 0.238 e. The average Bonchev–Trinajstić information content (AvgIpc) is 3.06. The highest BCUT2D eigenvalue weighted by atomic mass is 19.1. The summed E-state index contributed by atoms with van der Waals surface area (Å²) in [6, 6.07) is 5.91. The first-order valence-electron chi connectivity index (χ1n) is 8.62. The lowest BCUT2D eigenvalue weighted by molar-refractivity contribution is -0.117. The summed E-state index contributed by atoms with van der Waals surface area (Å²) >= 11 is 0. The topological polar surface area (TPSA) is 71.3 Å². The van der Waals surface area contributed by atoms with Gasteiger partial charge in [-0.2, -0.15) is 0 Å². The summed E-state index contributed by atoms with van der Waals surface area (Å²) < 4.78 is 18.9. The van der Waals surface area contributed by atoms with Gasteiger partial charge in [0.2, 0.25) is 17.7 Å². The standard InChI is InChI=1S/C18H23FN4O2/c1-12(2)17-21-22-18(25-17)13-6-8-23(9-7-13)11-16(24)20-15-5-3-4-14(19)10-15/h3-5,10,12-13H,6-9,11H2,1-2H3,(H,20,24). The van der Waals surface area contributed by atoms with Crippen molar-refractivity contribution in [2.45, 2.75) is 38.5 Å². The second-order valence-corrected chi connectivity index (χ2v) is 6.74. The molecule has 0 saturated carbocycles. The minimum absolute atomic E-state index is 0.135. The number of aromatic nitrogens is 2. The number of benzene rings is 1. The highest BCUT2D eigenvalue weighted by Crippen LogP contribution is 2.28. The number of amides is 1. The summed E-state index contributed by atoms with van der Waals surface area (Å²) in [5, 5.41) is 11.0. The van der Waals surface area contributed by atoms with E-state index in [1.165, 1.54) is 12.1 Å². The molecule has 0 radical (unpaired) electrons. The highest BCUT2D eigenvalue weighted by molar-refractivity contribution is 5.92. The van der Waals surface area contributed by atoms with Gasteiger partial charge < -0.3 is 9.73 Å². The molecule has 1 aromatic carbocycles. The summed E-state index contributed by atoms with van der Waals surface area (Å²) in [5.41, 5.74) is 0.479. The number of carbonyl (C=O) groups excluding carboxylic acids is 1. The number of rotatable bonds is 5. The van der Waals surface area contributed by atoms with E-state index in [1.54, 1.807) is 12.1 Å². The molecule has 1 fully saturated rings. The molecular formula is C18H23FN4O2. The molecule has 0 spiro atoms. The molecule has 0 bridgehead atoms. The van der Waals surface area contributed by atoms with Gasteiger partial charge in [0.25, 0.3) is 0 Å². The monoisotopic (exact) mass is 346 g/mol. The van der Waals surface area contributed by atoms with Gasteiger partial charge >= 0.3 is 0 Å². The minimum atomic E-state index is -0.362. The summed E-state index contributed by atoms with van der Waals surface area (Å²) in [6.07, 6.45) is 1.76. The third-order valence-corrected chi connectivity index (χ3v) is 4.36. The fourth-order valence-electron chi connectivity index (χ4n) is 2.95. The lowest BCUT2D eigenvalue weighted by Crippen LogP contribution is -2.38. The Labute approximate surface area is 146 Å². The molecule has 25 heavy (non-hydrogen) atoms. The Balaban J connectivity index is 1.48. The van der Waals surface area contributed by atoms with Crippen LogP contribution < -0.4 is 5.32 Å². The van der Waals surface area contributed by atoms with E-state index in [0.29, 0.717) is 24.0 Å². The molecule has 7 heteroatoms. The zero-order valence-corrected chi connectivity index (χ0v) is 14.5. The lowest BCUT2D eigenvalue weighted by atomic mass is 9.97. The number of piperidine rings is 1. The van der Waals surface area contributed by atoms with E-state index in [2.05, 4.69) is 20.4 Å². The Bertz CT molecular complexity index is 723. The van der Waals surface area contributed by atoms with E-state index >= 15 is 0 Å². The quantitative estimate of drug-likeness (QED) is 0.900. The van der Waals surface area contributed by atoms with Crippen LogP contribution >= 0.6 is 0 Å². The molecule has 1 aliphatic heterocycles. The maximum Gasteiger partial charge on any atom is 0.238 e. The molecule has 3 rings (SSSR count). The molecule has 1 aromatic heterocycles. The van der Waals surface area contributed by atoms with Crippen LogP contribution in [0.4, 0.5) is 10.1 Å². The van der Waals surface area contributed by atoms with Gasteiger partial charge in [-0.15, -0.1) is 10.2 Å². The summed E-state index contributed by atoms with van der Waals surface area (Å²) in [7, 11) is 0. The first kappa shape index (κ1) is 17.5. The maximum atomic E-state index is 13.2. The zero-order chi connectivity index (χ0) is 17.8. The third-order valence-electron chi connectivity index (χ3n) is 4.36. The second-order valence-electron chi connectivity index (χ2n) is 6.74. The zero-order valence-electron chi connectivity index (χ0n) is 14.5. The molecule has 0 atom stereocenters. The van der Waals surface area contributed by atoms with E-state index in [0.717, 1.165) is 25.9 Å². The van der Waals surface area contributed by atoms with Gasteiger partial charge in [0.15, 0.2) is 0 Å². The number of likely N-dealkylation sites (tertiary alicyclic amines) is 1. The molecule has 0 unspecified atom stereocenters. The molecule has 1 N–H and O–H groups in total. The van der Waals surface area contributed by atoms with Gasteiger partial charge in [-0.05, 0) is 44.1 Å². The number of carbonyl (C=O) groups is 1. The lowest BCUT2D eigenvalue weighted by Gasteiger charge is -2.29. The predicted octanol–water partition coefficient (Wildman–Crippen LogP) is 3.15. The SMILES string of the molecule is CC(C)c1nnc(C2CCN(CC(=O)Nc3cccc(F)c3)CC2)o1. The van der Waals surface area contributed by atoms with E-state index in [1.807, 2.05) is 13.8 Å². The van der Waals surface area contributed by atoms with Crippen LogP contribution in [0.1, 0.15) is 50.3 Å². The van der Waals surface area contributed by atoms with Crippen molar-refractivity contribution in [1.29, 1.82) is 0 Å². The average molecular weight is 346 g/mol. The number of nitrogens with zero attached hydrogens (tertiary/aromatic N) is 3. The van der Waals surface area contributed by atoms with Crippen molar-refractivity contribution in [3.63, 3.8) is 0 Å².